The molecule has 0 bridgehead atoms. The van der Waals surface area contributed by atoms with Crippen molar-refractivity contribution in [3.8, 4) is 0 Å². The Labute approximate surface area is 110 Å². The molecule has 1 saturated heterocycles. The van der Waals surface area contributed by atoms with Crippen LogP contribution in [0.15, 0.2) is 12.1 Å². The average molecular weight is 274 g/mol. The Bertz CT molecular complexity index is 440. The Balaban J connectivity index is 2.41. The number of ether oxygens (including phenoxy) is 1. The Morgan fingerprint density at radius 3 is 2.37 bits per heavy atom. The lowest BCUT2D eigenvalue weighted by Gasteiger charge is -2.30. The number of alkyl halides is 3. The highest BCUT2D eigenvalue weighted by Gasteiger charge is 2.34. The molecule has 0 spiro atoms. The number of pyridine rings is 1. The summed E-state index contributed by atoms with van der Waals surface area (Å²) in [6.07, 6.45) is -4.41. The number of hydrogen-bond acceptors (Lipinski definition) is 3. The third-order valence-electron chi connectivity index (χ3n) is 3.13. The lowest BCUT2D eigenvalue weighted by atomic mass is 10.0. The van der Waals surface area contributed by atoms with Crippen molar-refractivity contribution in [2.24, 2.45) is 0 Å². The molecule has 19 heavy (non-hydrogen) atoms. The van der Waals surface area contributed by atoms with Gasteiger partial charge in [0.2, 0.25) is 0 Å². The molecule has 0 N–H and O–H groups in total. The summed E-state index contributed by atoms with van der Waals surface area (Å²) in [6.45, 7) is 6.11. The van der Waals surface area contributed by atoms with Crippen LogP contribution in [0.4, 0.5) is 19.0 Å². The third kappa shape index (κ3) is 3.18. The fraction of sp³-hybridized carbons (Fsp3) is 0.615. The summed E-state index contributed by atoms with van der Waals surface area (Å²) in [5.74, 6) is 0.570. The van der Waals surface area contributed by atoms with Crippen molar-refractivity contribution < 1.29 is 17.9 Å². The molecule has 6 heteroatoms. The van der Waals surface area contributed by atoms with Gasteiger partial charge < -0.3 is 9.64 Å². The van der Waals surface area contributed by atoms with Crippen molar-refractivity contribution in [3.63, 3.8) is 0 Å². The van der Waals surface area contributed by atoms with Crippen LogP contribution in [-0.4, -0.2) is 31.3 Å². The second-order valence-electron chi connectivity index (χ2n) is 4.86. The fourth-order valence-corrected chi connectivity index (χ4v) is 2.10. The predicted octanol–water partition coefficient (Wildman–Crippen LogP) is 3.06. The normalized spacial score (nSPS) is 17.1. The number of nitrogens with zero attached hydrogens (tertiary/aromatic N) is 2. The van der Waals surface area contributed by atoms with Gasteiger partial charge in [-0.3, -0.25) is 0 Å². The highest BCUT2D eigenvalue weighted by molar-refractivity contribution is 5.50. The van der Waals surface area contributed by atoms with E-state index in [9.17, 15) is 13.2 Å². The zero-order chi connectivity index (χ0) is 14.0. The standard InChI is InChI=1S/C13H17F3N2O/c1-9(2)10-3-4-11(13(14,15)16)17-12(10)18-5-7-19-8-6-18/h3-4,9H,5-8H2,1-2H3. The van der Waals surface area contributed by atoms with Gasteiger partial charge in [-0.15, -0.1) is 0 Å². The highest BCUT2D eigenvalue weighted by Crippen LogP contribution is 2.33. The fourth-order valence-electron chi connectivity index (χ4n) is 2.10. The monoisotopic (exact) mass is 274 g/mol. The van der Waals surface area contributed by atoms with Crippen LogP contribution in [0.2, 0.25) is 0 Å². The zero-order valence-corrected chi connectivity index (χ0v) is 11.0. The molecule has 3 nitrogen and oxygen atoms in total. The van der Waals surface area contributed by atoms with Crippen LogP contribution in [0.25, 0.3) is 0 Å². The first-order valence-electron chi connectivity index (χ1n) is 6.30. The number of aromatic nitrogens is 1. The Morgan fingerprint density at radius 2 is 1.84 bits per heavy atom. The molecule has 0 unspecified atom stereocenters. The zero-order valence-electron chi connectivity index (χ0n) is 11.0. The minimum Gasteiger partial charge on any atom is -0.378 e. The molecule has 0 aliphatic carbocycles. The molecule has 2 rings (SSSR count). The van der Waals surface area contributed by atoms with E-state index in [1.54, 1.807) is 0 Å². The van der Waals surface area contributed by atoms with Crippen LogP contribution in [0, 0.1) is 0 Å². The van der Waals surface area contributed by atoms with Gasteiger partial charge in [-0.1, -0.05) is 19.9 Å². The van der Waals surface area contributed by atoms with Gasteiger partial charge in [-0.25, -0.2) is 4.98 Å². The van der Waals surface area contributed by atoms with Crippen LogP contribution in [0.1, 0.15) is 31.0 Å². The molecule has 0 amide bonds. The molecule has 1 aliphatic rings. The maximum absolute atomic E-state index is 12.8. The summed E-state index contributed by atoms with van der Waals surface area (Å²) in [6, 6.07) is 2.59. The first-order valence-corrected chi connectivity index (χ1v) is 6.30. The summed E-state index contributed by atoms with van der Waals surface area (Å²) >= 11 is 0. The minimum atomic E-state index is -4.41. The quantitative estimate of drug-likeness (QED) is 0.828. The number of anilines is 1. The highest BCUT2D eigenvalue weighted by atomic mass is 19.4. The molecule has 2 heterocycles. The molecule has 1 fully saturated rings. The second kappa shape index (κ2) is 5.36. The number of rotatable bonds is 2. The Hall–Kier alpha value is -1.30. The maximum atomic E-state index is 12.8. The van der Waals surface area contributed by atoms with E-state index in [-0.39, 0.29) is 5.92 Å². The van der Waals surface area contributed by atoms with Gasteiger partial charge in [-0.05, 0) is 17.5 Å². The Kier molecular flexibility index (Phi) is 3.99. The molecule has 0 aromatic carbocycles. The second-order valence-corrected chi connectivity index (χ2v) is 4.86. The van der Waals surface area contributed by atoms with Crippen molar-refractivity contribution in [1.82, 2.24) is 4.98 Å². The van der Waals surface area contributed by atoms with Crippen molar-refractivity contribution in [3.05, 3.63) is 23.4 Å². The van der Waals surface area contributed by atoms with Gasteiger partial charge >= 0.3 is 6.18 Å². The van der Waals surface area contributed by atoms with E-state index < -0.39 is 11.9 Å². The number of halogens is 3. The summed E-state index contributed by atoms with van der Waals surface area (Å²) in [5, 5.41) is 0. The van der Waals surface area contributed by atoms with E-state index in [0.29, 0.717) is 32.1 Å². The van der Waals surface area contributed by atoms with Crippen LogP contribution in [0.5, 0.6) is 0 Å². The van der Waals surface area contributed by atoms with E-state index in [0.717, 1.165) is 11.6 Å². The molecule has 0 radical (unpaired) electrons. The Morgan fingerprint density at radius 1 is 1.21 bits per heavy atom. The molecule has 1 aromatic rings. The molecule has 1 aliphatic heterocycles. The van der Waals surface area contributed by atoms with E-state index in [1.807, 2.05) is 18.7 Å². The van der Waals surface area contributed by atoms with Crippen molar-refractivity contribution >= 4 is 5.82 Å². The number of morpholine rings is 1. The first kappa shape index (κ1) is 14.1. The largest absolute Gasteiger partial charge is 0.433 e. The van der Waals surface area contributed by atoms with Crippen LogP contribution in [-0.2, 0) is 10.9 Å². The lowest BCUT2D eigenvalue weighted by Crippen LogP contribution is -2.37. The smallest absolute Gasteiger partial charge is 0.378 e. The molecular weight excluding hydrogens is 257 g/mol. The van der Waals surface area contributed by atoms with Gasteiger partial charge in [0.25, 0.3) is 0 Å². The van der Waals surface area contributed by atoms with Gasteiger partial charge in [0.1, 0.15) is 11.5 Å². The summed E-state index contributed by atoms with van der Waals surface area (Å²) in [5.41, 5.74) is 0.00768. The van der Waals surface area contributed by atoms with E-state index in [2.05, 4.69) is 4.98 Å². The molecule has 106 valence electrons. The molecule has 1 aromatic heterocycles. The van der Waals surface area contributed by atoms with Gasteiger partial charge in [0, 0.05) is 13.1 Å². The van der Waals surface area contributed by atoms with E-state index in [4.69, 9.17) is 4.74 Å². The molecule has 0 atom stereocenters. The summed E-state index contributed by atoms with van der Waals surface area (Å²) in [7, 11) is 0. The first-order chi connectivity index (χ1) is 8.89. The van der Waals surface area contributed by atoms with Crippen LogP contribution < -0.4 is 4.90 Å². The van der Waals surface area contributed by atoms with Crippen molar-refractivity contribution in [2.45, 2.75) is 25.9 Å². The van der Waals surface area contributed by atoms with Gasteiger partial charge in [0.05, 0.1) is 13.2 Å². The van der Waals surface area contributed by atoms with Crippen LogP contribution in [0.3, 0.4) is 0 Å². The van der Waals surface area contributed by atoms with Crippen LogP contribution >= 0.6 is 0 Å². The van der Waals surface area contributed by atoms with Crippen molar-refractivity contribution in [1.29, 1.82) is 0 Å². The summed E-state index contributed by atoms with van der Waals surface area (Å²) < 4.78 is 43.5. The molecular formula is C13H17F3N2O. The van der Waals surface area contributed by atoms with Gasteiger partial charge in [-0.2, -0.15) is 13.2 Å². The topological polar surface area (TPSA) is 25.4 Å². The molecule has 0 saturated carbocycles. The van der Waals surface area contributed by atoms with Gasteiger partial charge in [0.15, 0.2) is 0 Å². The third-order valence-corrected chi connectivity index (χ3v) is 3.13. The van der Waals surface area contributed by atoms with E-state index in [1.165, 1.54) is 6.07 Å². The minimum absolute atomic E-state index is 0.132. The average Bonchev–Trinajstić information content (AvgIpc) is 2.38. The predicted molar refractivity (Wildman–Crippen MR) is 66.4 cm³/mol. The maximum Gasteiger partial charge on any atom is 0.433 e. The van der Waals surface area contributed by atoms with E-state index >= 15 is 0 Å². The van der Waals surface area contributed by atoms with Crippen molar-refractivity contribution in [2.75, 3.05) is 31.2 Å². The lowest BCUT2D eigenvalue weighted by molar-refractivity contribution is -0.141. The number of hydrogen-bond donors (Lipinski definition) is 0. The SMILES string of the molecule is CC(C)c1ccc(C(F)(F)F)nc1N1CCOCC1. The summed E-state index contributed by atoms with van der Waals surface area (Å²) in [4.78, 5) is 5.70.